The van der Waals surface area contributed by atoms with Gasteiger partial charge in [0.15, 0.2) is 0 Å². The summed E-state index contributed by atoms with van der Waals surface area (Å²) in [6.45, 7) is 0.775. The van der Waals surface area contributed by atoms with E-state index in [4.69, 9.17) is 9.57 Å². The molecule has 1 fully saturated rings. The molecule has 1 aliphatic rings. The van der Waals surface area contributed by atoms with Crippen molar-refractivity contribution >= 4 is 23.7 Å². The first kappa shape index (κ1) is 16.5. The van der Waals surface area contributed by atoms with Crippen molar-refractivity contribution in [3.63, 3.8) is 0 Å². The molecule has 0 amide bonds. The summed E-state index contributed by atoms with van der Waals surface area (Å²) in [5.74, 6) is 0.0326. The highest BCUT2D eigenvalue weighted by Gasteiger charge is 2.30. The monoisotopic (exact) mass is 343 g/mol. The van der Waals surface area contributed by atoms with Gasteiger partial charge < -0.3 is 9.57 Å². The lowest BCUT2D eigenvalue weighted by Crippen LogP contribution is -2.35. The van der Waals surface area contributed by atoms with Gasteiger partial charge in [-0.3, -0.25) is 0 Å². The minimum absolute atomic E-state index is 0.167. The second-order valence-electron chi connectivity index (χ2n) is 5.18. The average molecular weight is 343 g/mol. The Morgan fingerprint density at radius 2 is 1.54 bits per heavy atom. The Hall–Kier alpha value is -2.31. The van der Waals surface area contributed by atoms with E-state index >= 15 is 0 Å². The number of nitrogens with zero attached hydrogens (tertiary/aromatic N) is 1. The first-order valence-corrected chi connectivity index (χ1v) is 8.66. The quantitative estimate of drug-likeness (QED) is 0.778. The fourth-order valence-corrected chi connectivity index (χ4v) is 3.32. The topological polar surface area (TPSA) is 55.8 Å². The minimum atomic E-state index is -0.405. The lowest BCUT2D eigenvalue weighted by Gasteiger charge is -2.21. The van der Waals surface area contributed by atoms with Crippen LogP contribution < -0.4 is 0 Å². The summed E-state index contributed by atoms with van der Waals surface area (Å²) >= 11 is 1.60. The molecule has 124 valence electrons. The summed E-state index contributed by atoms with van der Waals surface area (Å²) in [7, 11) is 0. The number of ether oxygens (including phenoxy) is 1. The molecule has 1 atom stereocenters. The van der Waals surface area contributed by atoms with E-state index < -0.39 is 5.97 Å². The van der Waals surface area contributed by atoms with Gasteiger partial charge in [0.1, 0.15) is 12.0 Å². The van der Waals surface area contributed by atoms with E-state index in [-0.39, 0.29) is 18.0 Å². The number of hydroxylamine groups is 2. The lowest BCUT2D eigenvalue weighted by molar-refractivity contribution is -0.116. The van der Waals surface area contributed by atoms with E-state index in [9.17, 15) is 9.59 Å². The van der Waals surface area contributed by atoms with Crippen LogP contribution in [0, 0.1) is 0 Å². The third-order valence-corrected chi connectivity index (χ3v) is 4.69. The molecule has 1 heterocycles. The molecule has 2 aromatic carbocycles. The number of hydrogen-bond acceptors (Lipinski definition) is 6. The van der Waals surface area contributed by atoms with Gasteiger partial charge in [0.05, 0.1) is 11.1 Å². The van der Waals surface area contributed by atoms with Gasteiger partial charge >= 0.3 is 11.9 Å². The molecule has 2 aromatic rings. The van der Waals surface area contributed by atoms with Crippen molar-refractivity contribution in [3.8, 4) is 0 Å². The van der Waals surface area contributed by atoms with E-state index in [2.05, 4.69) is 0 Å². The van der Waals surface area contributed by atoms with E-state index in [1.54, 1.807) is 65.4 Å². The molecule has 1 unspecified atom stereocenters. The van der Waals surface area contributed by atoms with Crippen molar-refractivity contribution < 1.29 is 19.2 Å². The van der Waals surface area contributed by atoms with Gasteiger partial charge in [-0.1, -0.05) is 36.4 Å². The fraction of sp³-hybridized carbons (Fsp3) is 0.222. The maximum absolute atomic E-state index is 12.1. The third-order valence-electron chi connectivity index (χ3n) is 3.52. The Bertz CT molecular complexity index is 693. The van der Waals surface area contributed by atoms with Gasteiger partial charge in [0.25, 0.3) is 0 Å². The van der Waals surface area contributed by atoms with Gasteiger partial charge in [0.2, 0.25) is 0 Å². The maximum atomic E-state index is 12.1. The average Bonchev–Trinajstić information content (AvgIpc) is 3.08. The zero-order chi connectivity index (χ0) is 16.8. The Kier molecular flexibility index (Phi) is 5.51. The minimum Gasteiger partial charge on any atom is -0.459 e. The molecule has 0 aliphatic carbocycles. The summed E-state index contributed by atoms with van der Waals surface area (Å²) in [6.07, 6.45) is 0. The van der Waals surface area contributed by atoms with Crippen LogP contribution in [-0.2, 0) is 9.57 Å². The predicted molar refractivity (Wildman–Crippen MR) is 91.5 cm³/mol. The summed E-state index contributed by atoms with van der Waals surface area (Å²) < 4.78 is 5.34. The highest BCUT2D eigenvalue weighted by molar-refractivity contribution is 8.00. The summed E-state index contributed by atoms with van der Waals surface area (Å²) in [6, 6.07) is 17.6. The highest BCUT2D eigenvalue weighted by Crippen LogP contribution is 2.25. The van der Waals surface area contributed by atoms with Gasteiger partial charge in [-0.2, -0.15) is 0 Å². The molecule has 0 saturated carbocycles. The molecule has 1 saturated heterocycles. The van der Waals surface area contributed by atoms with Crippen molar-refractivity contribution in [1.82, 2.24) is 5.06 Å². The Balaban J connectivity index is 1.54. The molecule has 0 bridgehead atoms. The number of hydrogen-bond donors (Lipinski definition) is 0. The van der Waals surface area contributed by atoms with Crippen LogP contribution in [0.2, 0.25) is 0 Å². The van der Waals surface area contributed by atoms with Gasteiger partial charge in [-0.15, -0.1) is 16.8 Å². The maximum Gasteiger partial charge on any atom is 0.357 e. The summed E-state index contributed by atoms with van der Waals surface area (Å²) in [5, 5.41) is 1.39. The van der Waals surface area contributed by atoms with Gasteiger partial charge in [0, 0.05) is 12.3 Å². The molecule has 24 heavy (non-hydrogen) atoms. The zero-order valence-corrected chi connectivity index (χ0v) is 13.8. The number of rotatable bonds is 5. The Labute approximate surface area is 144 Å². The first-order chi connectivity index (χ1) is 11.7. The second kappa shape index (κ2) is 7.99. The lowest BCUT2D eigenvalue weighted by atomic mass is 10.2. The molecule has 5 nitrogen and oxygen atoms in total. The molecule has 3 rings (SSSR count). The van der Waals surface area contributed by atoms with Crippen LogP contribution in [0.3, 0.4) is 0 Å². The summed E-state index contributed by atoms with van der Waals surface area (Å²) in [4.78, 5) is 29.5. The predicted octanol–water partition coefficient (Wildman–Crippen LogP) is 2.99. The molecule has 1 aliphatic heterocycles. The van der Waals surface area contributed by atoms with Crippen molar-refractivity contribution in [2.24, 2.45) is 0 Å². The third kappa shape index (κ3) is 4.15. The Morgan fingerprint density at radius 1 is 0.958 bits per heavy atom. The van der Waals surface area contributed by atoms with Crippen molar-refractivity contribution in [2.75, 3.05) is 18.9 Å². The largest absolute Gasteiger partial charge is 0.459 e. The van der Waals surface area contributed by atoms with Crippen LogP contribution in [0.1, 0.15) is 20.7 Å². The van der Waals surface area contributed by atoms with Crippen LogP contribution in [0.4, 0.5) is 0 Å². The van der Waals surface area contributed by atoms with Crippen molar-refractivity contribution in [1.29, 1.82) is 0 Å². The van der Waals surface area contributed by atoms with Crippen LogP contribution in [-0.4, -0.2) is 41.3 Å². The van der Waals surface area contributed by atoms with Crippen LogP contribution in [0.5, 0.6) is 0 Å². The van der Waals surface area contributed by atoms with Crippen molar-refractivity contribution in [2.45, 2.75) is 5.37 Å². The second-order valence-corrected chi connectivity index (χ2v) is 6.46. The van der Waals surface area contributed by atoms with E-state index in [0.29, 0.717) is 17.7 Å². The summed E-state index contributed by atoms with van der Waals surface area (Å²) in [5.41, 5.74) is 1.00. The molecular formula is C18H17NO4S. The Morgan fingerprint density at radius 3 is 2.17 bits per heavy atom. The molecular weight excluding hydrogens is 326 g/mol. The SMILES string of the molecule is O=C(OCC1SCCN1OC(=O)c1ccccc1)c1ccccc1. The molecule has 6 heteroatoms. The highest BCUT2D eigenvalue weighted by atomic mass is 32.2. The van der Waals surface area contributed by atoms with Gasteiger partial charge in [-0.05, 0) is 24.3 Å². The number of benzene rings is 2. The van der Waals surface area contributed by atoms with E-state index in [0.717, 1.165) is 5.75 Å². The number of esters is 1. The number of carbonyl (C=O) groups is 2. The molecule has 0 aromatic heterocycles. The van der Waals surface area contributed by atoms with E-state index in [1.165, 1.54) is 0 Å². The number of carbonyl (C=O) groups excluding carboxylic acids is 2. The number of thioether (sulfide) groups is 1. The van der Waals surface area contributed by atoms with Crippen LogP contribution in [0.15, 0.2) is 60.7 Å². The fourth-order valence-electron chi connectivity index (χ4n) is 2.28. The van der Waals surface area contributed by atoms with E-state index in [1.807, 2.05) is 12.1 Å². The van der Waals surface area contributed by atoms with Crippen LogP contribution in [0.25, 0.3) is 0 Å². The standard InChI is InChI=1S/C18H17NO4S/c20-17(14-7-3-1-4-8-14)22-13-16-19(11-12-24-16)23-18(21)15-9-5-2-6-10-15/h1-10,16H,11-13H2. The normalized spacial score (nSPS) is 17.4. The first-order valence-electron chi connectivity index (χ1n) is 7.62. The van der Waals surface area contributed by atoms with Gasteiger partial charge in [-0.25, -0.2) is 9.59 Å². The zero-order valence-electron chi connectivity index (χ0n) is 13.0. The van der Waals surface area contributed by atoms with Crippen LogP contribution >= 0.6 is 11.8 Å². The molecule has 0 N–H and O–H groups in total. The molecule has 0 radical (unpaired) electrons. The molecule has 0 spiro atoms. The smallest absolute Gasteiger partial charge is 0.357 e. The van der Waals surface area contributed by atoms with Crippen molar-refractivity contribution in [3.05, 3.63) is 71.8 Å².